The number of ether oxygens (including phenoxy) is 1. The molecule has 5 heteroatoms. The molecule has 2 heterocycles. The lowest BCUT2D eigenvalue weighted by Crippen LogP contribution is -2.18. The van der Waals surface area contributed by atoms with Crippen molar-refractivity contribution in [2.75, 3.05) is 25.4 Å². The van der Waals surface area contributed by atoms with E-state index in [9.17, 15) is 4.79 Å². The number of anilines is 1. The summed E-state index contributed by atoms with van der Waals surface area (Å²) in [4.78, 5) is 16.2. The summed E-state index contributed by atoms with van der Waals surface area (Å²) >= 11 is 1.53. The SMILES string of the molecule is CCOC(=O)c1c(N)sc(CN2CCCC2)c1-c1ccc(C)cc1C. The summed E-state index contributed by atoms with van der Waals surface area (Å²) < 4.78 is 5.29. The molecular weight excluding hydrogens is 332 g/mol. The van der Waals surface area contributed by atoms with Crippen LogP contribution in [0, 0.1) is 13.8 Å². The van der Waals surface area contributed by atoms with E-state index in [1.165, 1.54) is 29.7 Å². The van der Waals surface area contributed by atoms with Crippen LogP contribution in [-0.4, -0.2) is 30.6 Å². The van der Waals surface area contributed by atoms with Crippen LogP contribution in [0.4, 0.5) is 5.00 Å². The predicted octanol–water partition coefficient (Wildman–Crippen LogP) is 4.39. The average Bonchev–Trinajstić information content (AvgIpc) is 3.16. The van der Waals surface area contributed by atoms with E-state index in [1.807, 2.05) is 6.92 Å². The smallest absolute Gasteiger partial charge is 0.341 e. The van der Waals surface area contributed by atoms with E-state index in [-0.39, 0.29) is 5.97 Å². The monoisotopic (exact) mass is 358 g/mol. The molecule has 0 aliphatic carbocycles. The molecule has 0 unspecified atom stereocenters. The van der Waals surface area contributed by atoms with Crippen molar-refractivity contribution < 1.29 is 9.53 Å². The highest BCUT2D eigenvalue weighted by atomic mass is 32.1. The lowest BCUT2D eigenvalue weighted by atomic mass is 9.95. The lowest BCUT2D eigenvalue weighted by Gasteiger charge is -2.16. The first kappa shape index (κ1) is 18.0. The van der Waals surface area contributed by atoms with Crippen LogP contribution < -0.4 is 5.73 Å². The van der Waals surface area contributed by atoms with Gasteiger partial charge in [-0.2, -0.15) is 0 Å². The number of rotatable bonds is 5. The third-order valence-electron chi connectivity index (χ3n) is 4.71. The zero-order chi connectivity index (χ0) is 18.0. The quantitative estimate of drug-likeness (QED) is 0.806. The highest BCUT2D eigenvalue weighted by Gasteiger charge is 2.27. The largest absolute Gasteiger partial charge is 0.462 e. The van der Waals surface area contributed by atoms with E-state index in [4.69, 9.17) is 10.5 Å². The molecule has 1 saturated heterocycles. The molecule has 3 rings (SSSR count). The van der Waals surface area contributed by atoms with Crippen molar-refractivity contribution in [1.82, 2.24) is 4.90 Å². The molecule has 4 nitrogen and oxygen atoms in total. The molecule has 0 amide bonds. The van der Waals surface area contributed by atoms with E-state index in [0.717, 1.165) is 41.2 Å². The second-order valence-corrected chi connectivity index (χ2v) is 7.80. The fourth-order valence-electron chi connectivity index (χ4n) is 3.54. The van der Waals surface area contributed by atoms with E-state index in [2.05, 4.69) is 36.9 Å². The normalized spacial score (nSPS) is 14.8. The van der Waals surface area contributed by atoms with Crippen LogP contribution in [0.25, 0.3) is 11.1 Å². The Balaban J connectivity index is 2.11. The van der Waals surface area contributed by atoms with Crippen molar-refractivity contribution in [3.63, 3.8) is 0 Å². The van der Waals surface area contributed by atoms with Gasteiger partial charge >= 0.3 is 5.97 Å². The average molecular weight is 359 g/mol. The molecule has 1 aromatic carbocycles. The molecule has 0 spiro atoms. The number of likely N-dealkylation sites (tertiary alicyclic amines) is 1. The zero-order valence-electron chi connectivity index (χ0n) is 15.2. The molecule has 1 aliphatic rings. The van der Waals surface area contributed by atoms with Gasteiger partial charge in [0.25, 0.3) is 0 Å². The number of nitrogen functional groups attached to an aromatic ring is 1. The minimum Gasteiger partial charge on any atom is -0.462 e. The summed E-state index contributed by atoms with van der Waals surface area (Å²) in [5.41, 5.74) is 11.2. The molecule has 0 bridgehead atoms. The predicted molar refractivity (Wildman–Crippen MR) is 104 cm³/mol. The van der Waals surface area contributed by atoms with Crippen molar-refractivity contribution in [3.8, 4) is 11.1 Å². The third kappa shape index (κ3) is 3.72. The summed E-state index contributed by atoms with van der Waals surface area (Å²) in [7, 11) is 0. The van der Waals surface area contributed by atoms with Crippen molar-refractivity contribution in [3.05, 3.63) is 39.8 Å². The van der Waals surface area contributed by atoms with Crippen molar-refractivity contribution in [2.45, 2.75) is 40.2 Å². The maximum absolute atomic E-state index is 12.6. The number of nitrogens with two attached hydrogens (primary N) is 1. The van der Waals surface area contributed by atoms with Gasteiger partial charge in [0, 0.05) is 17.0 Å². The molecule has 1 aromatic heterocycles. The number of esters is 1. The van der Waals surface area contributed by atoms with Crippen molar-refractivity contribution in [2.24, 2.45) is 0 Å². The van der Waals surface area contributed by atoms with Crippen LogP contribution >= 0.6 is 11.3 Å². The summed E-state index contributed by atoms with van der Waals surface area (Å²) in [6.07, 6.45) is 2.48. The van der Waals surface area contributed by atoms with Gasteiger partial charge in [-0.05, 0) is 57.8 Å². The zero-order valence-corrected chi connectivity index (χ0v) is 16.0. The fraction of sp³-hybridized carbons (Fsp3) is 0.450. The van der Waals surface area contributed by atoms with Gasteiger partial charge in [0.2, 0.25) is 0 Å². The summed E-state index contributed by atoms with van der Waals surface area (Å²) in [5.74, 6) is -0.320. The number of carbonyl (C=O) groups is 1. The molecule has 0 atom stereocenters. The number of aryl methyl sites for hydroxylation is 2. The Morgan fingerprint density at radius 3 is 2.64 bits per heavy atom. The molecule has 1 aliphatic heterocycles. The highest BCUT2D eigenvalue weighted by Crippen LogP contribution is 2.41. The van der Waals surface area contributed by atoms with Gasteiger partial charge in [-0.15, -0.1) is 11.3 Å². The van der Waals surface area contributed by atoms with Crippen molar-refractivity contribution >= 4 is 22.3 Å². The Bertz CT molecular complexity index is 776. The minimum absolute atomic E-state index is 0.320. The summed E-state index contributed by atoms with van der Waals surface area (Å²) in [6, 6.07) is 6.34. The van der Waals surface area contributed by atoms with Crippen LogP contribution in [0.3, 0.4) is 0 Å². The van der Waals surface area contributed by atoms with Gasteiger partial charge in [0.15, 0.2) is 0 Å². The minimum atomic E-state index is -0.320. The van der Waals surface area contributed by atoms with Crippen LogP contribution in [0.5, 0.6) is 0 Å². The van der Waals surface area contributed by atoms with E-state index < -0.39 is 0 Å². The van der Waals surface area contributed by atoms with Crippen LogP contribution in [0.1, 0.15) is 46.1 Å². The van der Waals surface area contributed by atoms with Gasteiger partial charge in [-0.25, -0.2) is 4.79 Å². The first-order valence-corrected chi connectivity index (χ1v) is 9.71. The number of hydrogen-bond donors (Lipinski definition) is 1. The van der Waals surface area contributed by atoms with Gasteiger partial charge in [-0.3, -0.25) is 4.90 Å². The van der Waals surface area contributed by atoms with Crippen molar-refractivity contribution in [1.29, 1.82) is 0 Å². The topological polar surface area (TPSA) is 55.6 Å². The number of benzene rings is 1. The van der Waals surface area contributed by atoms with Crippen LogP contribution in [0.15, 0.2) is 18.2 Å². The lowest BCUT2D eigenvalue weighted by molar-refractivity contribution is 0.0529. The standard InChI is InChI=1S/C20H26N2O2S/c1-4-24-20(23)18-17(15-8-7-13(2)11-14(15)3)16(25-19(18)21)12-22-9-5-6-10-22/h7-8,11H,4-6,9-10,12,21H2,1-3H3. The first-order chi connectivity index (χ1) is 12.0. The molecular formula is C20H26N2O2S. The van der Waals surface area contributed by atoms with E-state index in [1.54, 1.807) is 0 Å². The summed E-state index contributed by atoms with van der Waals surface area (Å²) in [5, 5.41) is 0.558. The molecule has 134 valence electrons. The maximum atomic E-state index is 12.6. The fourth-order valence-corrected chi connectivity index (χ4v) is 4.65. The van der Waals surface area contributed by atoms with Crippen LogP contribution in [0.2, 0.25) is 0 Å². The molecule has 0 radical (unpaired) electrons. The second-order valence-electron chi connectivity index (χ2n) is 6.66. The van der Waals surface area contributed by atoms with Gasteiger partial charge in [0.05, 0.1) is 6.61 Å². The van der Waals surface area contributed by atoms with Gasteiger partial charge < -0.3 is 10.5 Å². The Morgan fingerprint density at radius 2 is 2.00 bits per heavy atom. The van der Waals surface area contributed by atoms with E-state index in [0.29, 0.717) is 17.2 Å². The molecule has 1 fully saturated rings. The summed E-state index contributed by atoms with van der Waals surface area (Å²) in [6.45, 7) is 9.40. The second kappa shape index (κ2) is 7.58. The number of thiophene rings is 1. The number of hydrogen-bond acceptors (Lipinski definition) is 5. The third-order valence-corrected chi connectivity index (χ3v) is 5.71. The van der Waals surface area contributed by atoms with Gasteiger partial charge in [0.1, 0.15) is 10.6 Å². The highest BCUT2D eigenvalue weighted by molar-refractivity contribution is 7.17. The Morgan fingerprint density at radius 1 is 1.28 bits per heavy atom. The van der Waals surface area contributed by atoms with Gasteiger partial charge in [-0.1, -0.05) is 23.8 Å². The van der Waals surface area contributed by atoms with E-state index >= 15 is 0 Å². The van der Waals surface area contributed by atoms with Crippen LogP contribution in [-0.2, 0) is 11.3 Å². The molecule has 2 aromatic rings. The first-order valence-electron chi connectivity index (χ1n) is 8.89. The Labute approximate surface area is 153 Å². The molecule has 25 heavy (non-hydrogen) atoms. The number of nitrogens with zero attached hydrogens (tertiary/aromatic N) is 1. The molecule has 0 saturated carbocycles. The Kier molecular flexibility index (Phi) is 5.45. The Hall–Kier alpha value is -1.85. The molecule has 2 N–H and O–H groups in total. The maximum Gasteiger partial charge on any atom is 0.341 e. The number of carbonyl (C=O) groups excluding carboxylic acids is 1.